The summed E-state index contributed by atoms with van der Waals surface area (Å²) in [6.07, 6.45) is -4.63. The zero-order valence-corrected chi connectivity index (χ0v) is 12.3. The van der Waals surface area contributed by atoms with E-state index in [0.29, 0.717) is 5.56 Å². The summed E-state index contributed by atoms with van der Waals surface area (Å²) >= 11 is 0. The number of nitrogens with zero attached hydrogens (tertiary/aromatic N) is 1. The lowest BCUT2D eigenvalue weighted by Gasteiger charge is -2.27. The van der Waals surface area contributed by atoms with E-state index in [1.54, 1.807) is 0 Å². The lowest BCUT2D eigenvalue weighted by molar-refractivity contribution is -0.121. The smallest absolute Gasteiger partial charge is 0.207 e. The molecule has 0 saturated carbocycles. The lowest BCUT2D eigenvalue weighted by atomic mass is 10.1. The summed E-state index contributed by atoms with van der Waals surface area (Å²) in [5, 5.41) is 0. The second kappa shape index (κ2) is 6.71. The highest BCUT2D eigenvalue weighted by atomic mass is 32.2. The molecule has 120 valence electrons. The maximum absolute atomic E-state index is 12.8. The molecule has 0 unspecified atom stereocenters. The zero-order chi connectivity index (χ0) is 16.3. The van der Waals surface area contributed by atoms with E-state index in [2.05, 4.69) is 0 Å². The Morgan fingerprint density at radius 2 is 1.76 bits per heavy atom. The highest BCUT2D eigenvalue weighted by Crippen LogP contribution is 2.23. The third kappa shape index (κ3) is 5.25. The van der Waals surface area contributed by atoms with Gasteiger partial charge in [0.05, 0.1) is 0 Å². The first-order valence-corrected chi connectivity index (χ1v) is 7.59. The minimum Gasteiger partial charge on any atom is -0.207 e. The number of hydrogen-bond donors (Lipinski definition) is 1. The highest BCUT2D eigenvalue weighted by Gasteiger charge is 2.33. The summed E-state index contributed by atoms with van der Waals surface area (Å²) in [6.45, 7) is 1.37. The first kappa shape index (κ1) is 17.9. The van der Waals surface area contributed by atoms with Crippen molar-refractivity contribution in [1.29, 1.82) is 0 Å². The summed E-state index contributed by atoms with van der Waals surface area (Å²) in [7, 11) is -4.29. The predicted octanol–water partition coefficient (Wildman–Crippen LogP) is 2.61. The van der Waals surface area contributed by atoms with E-state index in [9.17, 15) is 26.0 Å². The molecule has 1 aromatic carbocycles. The fourth-order valence-corrected chi connectivity index (χ4v) is 3.21. The average Bonchev–Trinajstić information content (AvgIpc) is 2.37. The van der Waals surface area contributed by atoms with Crippen molar-refractivity contribution in [2.75, 3.05) is 13.1 Å². The molecule has 0 saturated heterocycles. The van der Waals surface area contributed by atoms with Crippen molar-refractivity contribution in [3.8, 4) is 0 Å². The summed E-state index contributed by atoms with van der Waals surface area (Å²) in [5.41, 5.74) is 0.482. The number of halogens is 4. The van der Waals surface area contributed by atoms with Crippen LogP contribution in [0.15, 0.2) is 24.3 Å². The highest BCUT2D eigenvalue weighted by molar-refractivity contribution is 7.87. The monoisotopic (exact) mass is 328 g/mol. The Hall–Kier alpha value is -1.19. The van der Waals surface area contributed by atoms with Gasteiger partial charge in [0, 0.05) is 12.6 Å². The van der Waals surface area contributed by atoms with Crippen molar-refractivity contribution in [3.05, 3.63) is 35.6 Å². The van der Waals surface area contributed by atoms with Crippen molar-refractivity contribution < 1.29 is 26.0 Å². The first-order chi connectivity index (χ1) is 9.57. The third-order valence-corrected chi connectivity index (χ3v) is 4.56. The van der Waals surface area contributed by atoms with Crippen molar-refractivity contribution in [3.63, 3.8) is 0 Å². The Balaban J connectivity index is 2.92. The molecule has 1 aromatic rings. The summed E-state index contributed by atoms with van der Waals surface area (Å²) in [6, 6.07) is 4.38. The molecule has 0 bridgehead atoms. The molecule has 0 amide bonds. The van der Waals surface area contributed by atoms with Gasteiger partial charge in [0.1, 0.15) is 12.4 Å². The van der Waals surface area contributed by atoms with E-state index in [1.165, 1.54) is 30.7 Å². The van der Waals surface area contributed by atoms with E-state index >= 15 is 0 Å². The van der Waals surface area contributed by atoms with Crippen LogP contribution in [-0.2, 0) is 10.2 Å². The van der Waals surface area contributed by atoms with Crippen LogP contribution in [0.25, 0.3) is 0 Å². The van der Waals surface area contributed by atoms with Crippen LogP contribution in [0.3, 0.4) is 0 Å². The number of alkyl halides is 3. The fourth-order valence-electron chi connectivity index (χ4n) is 1.82. The van der Waals surface area contributed by atoms with Gasteiger partial charge in [0.2, 0.25) is 0 Å². The molecule has 0 spiro atoms. The Bertz CT molecular complexity index is 558. The largest absolute Gasteiger partial charge is 0.402 e. The quantitative estimate of drug-likeness (QED) is 0.816. The van der Waals surface area contributed by atoms with Crippen LogP contribution in [0.4, 0.5) is 17.6 Å². The molecule has 0 aliphatic heterocycles. The molecule has 0 heterocycles. The van der Waals surface area contributed by atoms with E-state index in [4.69, 9.17) is 0 Å². The first-order valence-electron chi connectivity index (χ1n) is 6.15. The SMILES string of the molecule is CCN([C@H](C)c1ccc(F)cc1)S(=O)(=O)NCC(F)(F)F. The Morgan fingerprint density at radius 3 is 2.19 bits per heavy atom. The second-order valence-electron chi connectivity index (χ2n) is 4.37. The number of rotatable bonds is 6. The molecule has 1 N–H and O–H groups in total. The van der Waals surface area contributed by atoms with Gasteiger partial charge in [0.15, 0.2) is 0 Å². The third-order valence-electron chi connectivity index (χ3n) is 2.86. The Morgan fingerprint density at radius 1 is 1.24 bits per heavy atom. The second-order valence-corrected chi connectivity index (χ2v) is 6.08. The normalized spacial score (nSPS) is 14.4. The van der Waals surface area contributed by atoms with Gasteiger partial charge < -0.3 is 0 Å². The standard InChI is InChI=1S/C12H16F4N2O2S/c1-3-18(21(19,20)17-8-12(14,15)16)9(2)10-4-6-11(13)7-5-10/h4-7,9,17H,3,8H2,1-2H3/t9-/m1/s1. The Kier molecular flexibility index (Phi) is 5.71. The minimum absolute atomic E-state index is 0.0221. The average molecular weight is 328 g/mol. The fraction of sp³-hybridized carbons (Fsp3) is 0.500. The van der Waals surface area contributed by atoms with Gasteiger partial charge >= 0.3 is 6.18 Å². The molecule has 9 heteroatoms. The molecule has 0 fully saturated rings. The van der Waals surface area contributed by atoms with E-state index in [-0.39, 0.29) is 6.54 Å². The van der Waals surface area contributed by atoms with Crippen molar-refractivity contribution in [2.24, 2.45) is 0 Å². The van der Waals surface area contributed by atoms with Gasteiger partial charge in [-0.25, -0.2) is 4.39 Å². The summed E-state index contributed by atoms with van der Waals surface area (Å²) < 4.78 is 75.5. The van der Waals surface area contributed by atoms with Gasteiger partial charge in [-0.3, -0.25) is 0 Å². The molecular weight excluding hydrogens is 312 g/mol. The summed E-state index contributed by atoms with van der Waals surface area (Å²) in [5.74, 6) is -0.480. The molecular formula is C12H16F4N2O2S. The van der Waals surface area contributed by atoms with E-state index < -0.39 is 34.8 Å². The van der Waals surface area contributed by atoms with Crippen LogP contribution in [0.1, 0.15) is 25.5 Å². The van der Waals surface area contributed by atoms with Gasteiger partial charge in [-0.05, 0) is 24.6 Å². The zero-order valence-electron chi connectivity index (χ0n) is 11.5. The maximum atomic E-state index is 12.8. The van der Waals surface area contributed by atoms with Crippen molar-refractivity contribution in [1.82, 2.24) is 9.03 Å². The van der Waals surface area contributed by atoms with Gasteiger partial charge in [-0.2, -0.15) is 30.6 Å². The predicted molar refractivity (Wildman–Crippen MR) is 70.2 cm³/mol. The maximum Gasteiger partial charge on any atom is 0.402 e. The van der Waals surface area contributed by atoms with Crippen LogP contribution in [-0.4, -0.2) is 32.0 Å². The summed E-state index contributed by atoms with van der Waals surface area (Å²) in [4.78, 5) is 0. The van der Waals surface area contributed by atoms with Crippen LogP contribution in [0, 0.1) is 5.82 Å². The minimum atomic E-state index is -4.63. The molecule has 1 rings (SSSR count). The Labute approximate surface area is 120 Å². The van der Waals surface area contributed by atoms with Crippen LogP contribution >= 0.6 is 0 Å². The molecule has 0 aromatic heterocycles. The molecule has 0 aliphatic rings. The number of nitrogens with one attached hydrogen (secondary N) is 1. The van der Waals surface area contributed by atoms with Gasteiger partial charge in [-0.15, -0.1) is 0 Å². The van der Waals surface area contributed by atoms with Gasteiger partial charge in [0.25, 0.3) is 10.2 Å². The van der Waals surface area contributed by atoms with Crippen LogP contribution in [0.5, 0.6) is 0 Å². The van der Waals surface area contributed by atoms with Crippen molar-refractivity contribution in [2.45, 2.75) is 26.1 Å². The van der Waals surface area contributed by atoms with Crippen LogP contribution in [0.2, 0.25) is 0 Å². The van der Waals surface area contributed by atoms with Crippen LogP contribution < -0.4 is 4.72 Å². The molecule has 0 radical (unpaired) electrons. The van der Waals surface area contributed by atoms with Crippen molar-refractivity contribution >= 4 is 10.2 Å². The topological polar surface area (TPSA) is 49.4 Å². The van der Waals surface area contributed by atoms with Gasteiger partial charge in [-0.1, -0.05) is 19.1 Å². The number of benzene rings is 1. The van der Waals surface area contributed by atoms with E-state index in [1.807, 2.05) is 0 Å². The molecule has 1 atom stereocenters. The lowest BCUT2D eigenvalue weighted by Crippen LogP contribution is -2.45. The molecule has 0 aliphatic carbocycles. The molecule has 21 heavy (non-hydrogen) atoms. The number of hydrogen-bond acceptors (Lipinski definition) is 2. The van der Waals surface area contributed by atoms with E-state index in [0.717, 1.165) is 16.4 Å². The molecule has 4 nitrogen and oxygen atoms in total.